The van der Waals surface area contributed by atoms with Crippen molar-refractivity contribution in [1.29, 1.82) is 0 Å². The van der Waals surface area contributed by atoms with Crippen molar-refractivity contribution in [3.05, 3.63) is 82.5 Å². The zero-order chi connectivity index (χ0) is 17.1. The molecule has 0 aromatic heterocycles. The van der Waals surface area contributed by atoms with Gasteiger partial charge in [0.05, 0.1) is 6.04 Å². The molecule has 1 atom stereocenters. The van der Waals surface area contributed by atoms with Crippen molar-refractivity contribution < 1.29 is 0 Å². The first kappa shape index (κ1) is 16.3. The van der Waals surface area contributed by atoms with Crippen LogP contribution in [-0.2, 0) is 0 Å². The number of hydrogen-bond acceptors (Lipinski definition) is 2. The Hall–Kier alpha value is -2.19. The third kappa shape index (κ3) is 3.74. The minimum absolute atomic E-state index is 0.0734. The summed E-state index contributed by atoms with van der Waals surface area (Å²) in [6.45, 7) is 0. The fourth-order valence-electron chi connectivity index (χ4n) is 3.45. The summed E-state index contributed by atoms with van der Waals surface area (Å²) in [5.74, 6) is 0.859. The van der Waals surface area contributed by atoms with E-state index < -0.39 is 0 Å². The number of halogens is 1. The lowest BCUT2D eigenvalue weighted by atomic mass is 9.91. The molecule has 0 spiro atoms. The summed E-state index contributed by atoms with van der Waals surface area (Å²) in [4.78, 5) is 9.91. The highest BCUT2D eigenvalue weighted by Crippen LogP contribution is 2.32. The van der Waals surface area contributed by atoms with Gasteiger partial charge in [0.2, 0.25) is 0 Å². The second-order valence-electron chi connectivity index (χ2n) is 6.58. The molecule has 0 radical (unpaired) electrons. The number of benzene rings is 1. The Balaban J connectivity index is 1.73. The summed E-state index contributed by atoms with van der Waals surface area (Å²) in [6, 6.07) is 8.12. The van der Waals surface area contributed by atoms with Crippen LogP contribution in [0.5, 0.6) is 0 Å². The van der Waals surface area contributed by atoms with Crippen LogP contribution in [0, 0.1) is 0 Å². The molecule has 0 saturated carbocycles. The predicted molar refractivity (Wildman–Crippen MR) is 107 cm³/mol. The maximum atomic E-state index is 6.21. The van der Waals surface area contributed by atoms with Crippen LogP contribution < -0.4 is 0 Å². The Labute approximate surface area is 154 Å². The van der Waals surface area contributed by atoms with Gasteiger partial charge in [-0.3, -0.25) is 4.99 Å². The smallest absolute Gasteiger partial charge is 0.155 e. The lowest BCUT2D eigenvalue weighted by Crippen LogP contribution is -2.19. The van der Waals surface area contributed by atoms with E-state index in [9.17, 15) is 0 Å². The largest absolute Gasteiger partial charge is 0.258 e. The van der Waals surface area contributed by atoms with Crippen molar-refractivity contribution in [3.8, 4) is 0 Å². The molecule has 2 aliphatic carbocycles. The predicted octanol–water partition coefficient (Wildman–Crippen LogP) is 6.18. The topological polar surface area (TPSA) is 24.7 Å². The minimum Gasteiger partial charge on any atom is -0.258 e. The van der Waals surface area contributed by atoms with Gasteiger partial charge in [-0.05, 0) is 49.0 Å². The molecule has 1 heterocycles. The minimum atomic E-state index is 0.0734. The average Bonchev–Trinajstić information content (AvgIpc) is 2.69. The van der Waals surface area contributed by atoms with E-state index in [-0.39, 0.29) is 6.04 Å². The molecular weight excluding hydrogens is 328 g/mol. The molecule has 1 aromatic carbocycles. The first-order valence-electron chi connectivity index (χ1n) is 8.93. The van der Waals surface area contributed by atoms with E-state index in [1.54, 1.807) is 0 Å². The number of nitrogens with zero attached hydrogens (tertiary/aromatic N) is 2. The molecule has 3 heteroatoms. The Kier molecular flexibility index (Phi) is 4.80. The highest BCUT2D eigenvalue weighted by Gasteiger charge is 2.23. The molecule has 0 bridgehead atoms. The summed E-state index contributed by atoms with van der Waals surface area (Å²) >= 11 is 6.21. The van der Waals surface area contributed by atoms with E-state index in [1.807, 2.05) is 18.2 Å². The molecule has 0 fully saturated rings. The van der Waals surface area contributed by atoms with Crippen molar-refractivity contribution in [3.63, 3.8) is 0 Å². The van der Waals surface area contributed by atoms with E-state index in [0.29, 0.717) is 0 Å². The normalized spacial score (nSPS) is 22.8. The monoisotopic (exact) mass is 348 g/mol. The van der Waals surface area contributed by atoms with Crippen molar-refractivity contribution in [2.45, 2.75) is 38.1 Å². The molecule has 3 aliphatic rings. The summed E-state index contributed by atoms with van der Waals surface area (Å²) < 4.78 is 0. The van der Waals surface area contributed by atoms with E-state index in [0.717, 1.165) is 54.1 Å². The van der Waals surface area contributed by atoms with Crippen molar-refractivity contribution in [2.24, 2.45) is 9.98 Å². The molecular formula is C22H21ClN2. The van der Waals surface area contributed by atoms with Crippen LogP contribution in [0.3, 0.4) is 0 Å². The second-order valence-corrected chi connectivity index (χ2v) is 7.02. The van der Waals surface area contributed by atoms with Gasteiger partial charge in [0, 0.05) is 22.7 Å². The van der Waals surface area contributed by atoms with Gasteiger partial charge in [-0.15, -0.1) is 0 Å². The third-order valence-corrected chi connectivity index (χ3v) is 5.01. The molecule has 0 saturated heterocycles. The molecule has 1 unspecified atom stereocenters. The number of rotatable bonds is 3. The molecule has 126 valence electrons. The van der Waals surface area contributed by atoms with Gasteiger partial charge in [-0.1, -0.05) is 60.2 Å². The highest BCUT2D eigenvalue weighted by molar-refractivity contribution is 6.30. The summed E-state index contributed by atoms with van der Waals surface area (Å²) in [5.41, 5.74) is 4.80. The van der Waals surface area contributed by atoms with Crippen LogP contribution in [0.1, 0.15) is 43.7 Å². The molecule has 2 nitrogen and oxygen atoms in total. The number of amidine groups is 1. The highest BCUT2D eigenvalue weighted by atomic mass is 35.5. The summed E-state index contributed by atoms with van der Waals surface area (Å²) in [6.07, 6.45) is 18.3. The molecule has 0 N–H and O–H groups in total. The summed E-state index contributed by atoms with van der Waals surface area (Å²) in [7, 11) is 0. The van der Waals surface area contributed by atoms with Crippen molar-refractivity contribution in [1.82, 2.24) is 0 Å². The van der Waals surface area contributed by atoms with Crippen LogP contribution in [0.15, 0.2) is 81.9 Å². The Bertz CT molecular complexity index is 853. The van der Waals surface area contributed by atoms with Crippen molar-refractivity contribution in [2.75, 3.05) is 0 Å². The van der Waals surface area contributed by atoms with E-state index in [1.165, 1.54) is 11.3 Å². The lowest BCUT2D eigenvalue weighted by Gasteiger charge is -2.24. The lowest BCUT2D eigenvalue weighted by molar-refractivity contribution is 0.749. The first-order chi connectivity index (χ1) is 12.3. The van der Waals surface area contributed by atoms with Gasteiger partial charge < -0.3 is 0 Å². The van der Waals surface area contributed by atoms with Crippen molar-refractivity contribution >= 4 is 23.1 Å². The van der Waals surface area contributed by atoms with Gasteiger partial charge in [0.15, 0.2) is 5.84 Å². The second kappa shape index (κ2) is 7.37. The fourth-order valence-corrected chi connectivity index (χ4v) is 3.65. The molecule has 4 rings (SSSR count). The van der Waals surface area contributed by atoms with Crippen LogP contribution in [0.25, 0.3) is 0 Å². The quantitative estimate of drug-likeness (QED) is 0.623. The van der Waals surface area contributed by atoms with Crippen LogP contribution in [-0.4, -0.2) is 11.5 Å². The van der Waals surface area contributed by atoms with Gasteiger partial charge in [0.1, 0.15) is 0 Å². The Morgan fingerprint density at radius 3 is 2.80 bits per heavy atom. The molecule has 0 amide bonds. The van der Waals surface area contributed by atoms with E-state index >= 15 is 0 Å². The summed E-state index contributed by atoms with van der Waals surface area (Å²) in [5, 5.41) is 0.759. The SMILES string of the molecule is Clc1cccc(C2CC(C3=CC=CCC3)=NC(C3=CCCC=C3)=N2)c1. The standard InChI is InChI=1S/C22H21ClN2/c23-19-13-7-12-18(14-19)21-15-20(16-8-3-1-4-9-16)24-22(25-21)17-10-5-2-6-11-17/h1,3,5,7-8,10-14,21H,2,4,6,9,15H2. The van der Waals surface area contributed by atoms with Gasteiger partial charge >= 0.3 is 0 Å². The molecule has 25 heavy (non-hydrogen) atoms. The van der Waals surface area contributed by atoms with Gasteiger partial charge in [-0.2, -0.15) is 0 Å². The average molecular weight is 349 g/mol. The maximum absolute atomic E-state index is 6.21. The maximum Gasteiger partial charge on any atom is 0.155 e. The molecule has 1 aliphatic heterocycles. The zero-order valence-corrected chi connectivity index (χ0v) is 14.9. The molecule has 1 aromatic rings. The fraction of sp³-hybridized carbons (Fsp3) is 0.273. The van der Waals surface area contributed by atoms with E-state index in [4.69, 9.17) is 21.6 Å². The Morgan fingerprint density at radius 1 is 1.08 bits per heavy atom. The number of allylic oxidation sites excluding steroid dienone is 6. The number of aliphatic imine (C=N–C) groups is 2. The van der Waals surface area contributed by atoms with Crippen LogP contribution >= 0.6 is 11.6 Å². The van der Waals surface area contributed by atoms with Crippen LogP contribution in [0.4, 0.5) is 0 Å². The van der Waals surface area contributed by atoms with E-state index in [2.05, 4.69) is 42.5 Å². The zero-order valence-electron chi connectivity index (χ0n) is 14.2. The van der Waals surface area contributed by atoms with Gasteiger partial charge in [0.25, 0.3) is 0 Å². The third-order valence-electron chi connectivity index (χ3n) is 4.78. The first-order valence-corrected chi connectivity index (χ1v) is 9.31. The van der Waals surface area contributed by atoms with Gasteiger partial charge in [-0.25, -0.2) is 4.99 Å². The Morgan fingerprint density at radius 2 is 2.04 bits per heavy atom. The van der Waals surface area contributed by atoms with Crippen LogP contribution in [0.2, 0.25) is 5.02 Å². The number of hydrogen-bond donors (Lipinski definition) is 0.